The molecule has 1 aromatic heterocycles. The van der Waals surface area contributed by atoms with Crippen molar-refractivity contribution >= 4 is 11.6 Å². The zero-order valence-corrected chi connectivity index (χ0v) is 10.8. The predicted octanol–water partition coefficient (Wildman–Crippen LogP) is 1.65. The molecule has 1 heterocycles. The molecule has 5 heteroatoms. The maximum atomic E-state index is 9.29. The molecule has 3 N–H and O–H groups in total. The van der Waals surface area contributed by atoms with E-state index in [4.69, 9.17) is 0 Å². The molecule has 5 nitrogen and oxygen atoms in total. The number of aliphatic hydroxyl groups excluding tert-OH is 1. The van der Waals surface area contributed by atoms with Crippen LogP contribution in [-0.2, 0) is 6.42 Å². The largest absolute Gasteiger partial charge is 0.392 e. The first-order valence-electron chi connectivity index (χ1n) is 6.18. The van der Waals surface area contributed by atoms with Gasteiger partial charge in [0.1, 0.15) is 18.0 Å². The smallest absolute Gasteiger partial charge is 0.134 e. The molecule has 1 rings (SSSR count). The van der Waals surface area contributed by atoms with Gasteiger partial charge in [0.05, 0.1) is 6.10 Å². The Balaban J connectivity index is 2.89. The molecule has 17 heavy (non-hydrogen) atoms. The molecule has 0 fully saturated rings. The number of aliphatic hydroxyl groups is 1. The Bertz CT molecular complexity index is 341. The predicted molar refractivity (Wildman–Crippen MR) is 70.4 cm³/mol. The van der Waals surface area contributed by atoms with Gasteiger partial charge in [-0.25, -0.2) is 9.97 Å². The fourth-order valence-corrected chi connectivity index (χ4v) is 1.62. The summed E-state index contributed by atoms with van der Waals surface area (Å²) in [6.07, 6.45) is 3.11. The van der Waals surface area contributed by atoms with Crippen LogP contribution in [0.3, 0.4) is 0 Å². The van der Waals surface area contributed by atoms with Gasteiger partial charge in [0.15, 0.2) is 0 Å². The highest BCUT2D eigenvalue weighted by molar-refractivity contribution is 5.57. The van der Waals surface area contributed by atoms with Crippen molar-refractivity contribution in [1.82, 2.24) is 9.97 Å². The number of nitrogens with zero attached hydrogens (tertiary/aromatic N) is 2. The highest BCUT2D eigenvalue weighted by Crippen LogP contribution is 2.21. The van der Waals surface area contributed by atoms with E-state index in [1.807, 2.05) is 6.92 Å². The number of rotatable bonds is 7. The van der Waals surface area contributed by atoms with E-state index in [1.54, 1.807) is 13.3 Å². The zero-order valence-electron chi connectivity index (χ0n) is 10.8. The Morgan fingerprint density at radius 2 is 1.88 bits per heavy atom. The van der Waals surface area contributed by atoms with Gasteiger partial charge in [-0.3, -0.25) is 0 Å². The Kier molecular flexibility index (Phi) is 5.69. The Hall–Kier alpha value is -1.36. The van der Waals surface area contributed by atoms with Crippen LogP contribution in [0, 0.1) is 0 Å². The summed E-state index contributed by atoms with van der Waals surface area (Å²) < 4.78 is 0. The van der Waals surface area contributed by atoms with Crippen LogP contribution >= 0.6 is 0 Å². The van der Waals surface area contributed by atoms with Crippen molar-refractivity contribution in [1.29, 1.82) is 0 Å². The van der Waals surface area contributed by atoms with Gasteiger partial charge in [0, 0.05) is 18.7 Å². The lowest BCUT2D eigenvalue weighted by Gasteiger charge is -2.15. The molecule has 0 aliphatic carbocycles. The minimum atomic E-state index is -0.387. The summed E-state index contributed by atoms with van der Waals surface area (Å²) in [6, 6.07) is 0. The van der Waals surface area contributed by atoms with Crippen molar-refractivity contribution in [2.24, 2.45) is 0 Å². The maximum absolute atomic E-state index is 9.29. The second-order valence-electron chi connectivity index (χ2n) is 4.06. The Labute approximate surface area is 103 Å². The van der Waals surface area contributed by atoms with Crippen LogP contribution < -0.4 is 10.6 Å². The van der Waals surface area contributed by atoms with E-state index in [9.17, 15) is 5.11 Å². The third-order valence-corrected chi connectivity index (χ3v) is 2.35. The lowest BCUT2D eigenvalue weighted by Crippen LogP contribution is -2.18. The summed E-state index contributed by atoms with van der Waals surface area (Å²) in [4.78, 5) is 8.49. The number of hydrogen-bond acceptors (Lipinski definition) is 5. The first-order chi connectivity index (χ1) is 8.19. The highest BCUT2D eigenvalue weighted by Gasteiger charge is 2.10. The van der Waals surface area contributed by atoms with Crippen LogP contribution in [0.15, 0.2) is 6.33 Å². The summed E-state index contributed by atoms with van der Waals surface area (Å²) >= 11 is 0. The molecule has 0 spiro atoms. The van der Waals surface area contributed by atoms with Crippen molar-refractivity contribution in [2.45, 2.75) is 39.7 Å². The Morgan fingerprint density at radius 3 is 2.41 bits per heavy atom. The number of aromatic nitrogens is 2. The third-order valence-electron chi connectivity index (χ3n) is 2.35. The molecule has 0 aromatic carbocycles. The van der Waals surface area contributed by atoms with E-state index in [1.165, 1.54) is 0 Å². The van der Waals surface area contributed by atoms with Crippen LogP contribution in [0.25, 0.3) is 0 Å². The van der Waals surface area contributed by atoms with Gasteiger partial charge in [0.2, 0.25) is 0 Å². The molecule has 1 unspecified atom stereocenters. The lowest BCUT2D eigenvalue weighted by atomic mass is 10.1. The van der Waals surface area contributed by atoms with Gasteiger partial charge in [-0.1, -0.05) is 13.3 Å². The van der Waals surface area contributed by atoms with Gasteiger partial charge in [-0.2, -0.15) is 0 Å². The van der Waals surface area contributed by atoms with Crippen LogP contribution in [0.4, 0.5) is 11.6 Å². The average molecular weight is 238 g/mol. The van der Waals surface area contributed by atoms with Crippen molar-refractivity contribution < 1.29 is 5.11 Å². The van der Waals surface area contributed by atoms with Crippen molar-refractivity contribution in [2.75, 3.05) is 23.7 Å². The first-order valence-corrected chi connectivity index (χ1v) is 6.18. The number of nitrogens with one attached hydrogen (secondary N) is 2. The SMILES string of the molecule is CCCc1c(NCC)ncnc1NCC(C)O. The molecule has 0 amide bonds. The topological polar surface area (TPSA) is 70.1 Å². The van der Waals surface area contributed by atoms with Crippen LogP contribution in [0.2, 0.25) is 0 Å². The van der Waals surface area contributed by atoms with Crippen LogP contribution in [-0.4, -0.2) is 34.3 Å². The summed E-state index contributed by atoms with van der Waals surface area (Å²) in [5.74, 6) is 1.70. The molecule has 0 saturated heterocycles. The van der Waals surface area contributed by atoms with E-state index in [0.717, 1.165) is 36.6 Å². The zero-order chi connectivity index (χ0) is 12.7. The van der Waals surface area contributed by atoms with Gasteiger partial charge in [0.25, 0.3) is 0 Å². The fraction of sp³-hybridized carbons (Fsp3) is 0.667. The molecule has 96 valence electrons. The summed E-state index contributed by atoms with van der Waals surface area (Å²) in [7, 11) is 0. The van der Waals surface area contributed by atoms with E-state index in [0.29, 0.717) is 6.54 Å². The van der Waals surface area contributed by atoms with Gasteiger partial charge in [-0.15, -0.1) is 0 Å². The van der Waals surface area contributed by atoms with E-state index in [2.05, 4.69) is 27.5 Å². The molecular weight excluding hydrogens is 216 g/mol. The summed E-state index contributed by atoms with van der Waals surface area (Å²) in [5.41, 5.74) is 1.09. The molecule has 0 aliphatic heterocycles. The molecular formula is C12H22N4O. The van der Waals surface area contributed by atoms with Gasteiger partial charge >= 0.3 is 0 Å². The van der Waals surface area contributed by atoms with Gasteiger partial charge in [-0.05, 0) is 20.3 Å². The van der Waals surface area contributed by atoms with Gasteiger partial charge < -0.3 is 15.7 Å². The molecule has 0 saturated carbocycles. The molecule has 1 atom stereocenters. The van der Waals surface area contributed by atoms with E-state index >= 15 is 0 Å². The van der Waals surface area contributed by atoms with E-state index in [-0.39, 0.29) is 6.10 Å². The molecule has 0 radical (unpaired) electrons. The van der Waals surface area contributed by atoms with Crippen LogP contribution in [0.5, 0.6) is 0 Å². The normalized spacial score (nSPS) is 12.2. The number of hydrogen-bond donors (Lipinski definition) is 3. The standard InChI is InChI=1S/C12H22N4O/c1-4-6-10-11(13-5-2)15-8-16-12(10)14-7-9(3)17/h8-9,17H,4-7H2,1-3H3,(H2,13,14,15,16). The second kappa shape index (κ2) is 7.06. The van der Waals surface area contributed by atoms with Crippen molar-refractivity contribution in [3.05, 3.63) is 11.9 Å². The molecule has 1 aromatic rings. The molecule has 0 bridgehead atoms. The highest BCUT2D eigenvalue weighted by atomic mass is 16.3. The van der Waals surface area contributed by atoms with E-state index < -0.39 is 0 Å². The quantitative estimate of drug-likeness (QED) is 0.674. The first kappa shape index (κ1) is 13.7. The Morgan fingerprint density at radius 1 is 1.24 bits per heavy atom. The minimum absolute atomic E-state index is 0.387. The summed E-state index contributed by atoms with van der Waals surface area (Å²) in [6.45, 7) is 7.25. The minimum Gasteiger partial charge on any atom is -0.392 e. The van der Waals surface area contributed by atoms with Crippen molar-refractivity contribution in [3.63, 3.8) is 0 Å². The lowest BCUT2D eigenvalue weighted by molar-refractivity contribution is 0.208. The molecule has 0 aliphatic rings. The monoisotopic (exact) mass is 238 g/mol. The fourth-order valence-electron chi connectivity index (χ4n) is 1.62. The third kappa shape index (κ3) is 4.19. The van der Waals surface area contributed by atoms with Crippen LogP contribution in [0.1, 0.15) is 32.8 Å². The number of anilines is 2. The average Bonchev–Trinajstić information content (AvgIpc) is 2.30. The summed E-state index contributed by atoms with van der Waals surface area (Å²) in [5, 5.41) is 15.7. The van der Waals surface area contributed by atoms with Crippen molar-refractivity contribution in [3.8, 4) is 0 Å². The maximum Gasteiger partial charge on any atom is 0.134 e. The second-order valence-corrected chi connectivity index (χ2v) is 4.06.